The third kappa shape index (κ3) is 7.96. The van der Waals surface area contributed by atoms with Gasteiger partial charge in [-0.1, -0.05) is 40.5 Å². The van der Waals surface area contributed by atoms with Crippen molar-refractivity contribution in [2.75, 3.05) is 25.0 Å². The smallest absolute Gasteiger partial charge is 0.386 e. The van der Waals surface area contributed by atoms with E-state index in [2.05, 4.69) is 20.8 Å². The summed E-state index contributed by atoms with van der Waals surface area (Å²) in [5, 5.41) is 18.4. The van der Waals surface area contributed by atoms with Crippen molar-refractivity contribution in [2.45, 2.75) is 12.1 Å². The van der Waals surface area contributed by atoms with E-state index in [-0.39, 0.29) is 30.5 Å². The van der Waals surface area contributed by atoms with Crippen LogP contribution in [-0.2, 0) is 15.8 Å². The van der Waals surface area contributed by atoms with E-state index in [1.165, 1.54) is 6.21 Å². The molecule has 0 saturated heterocycles. The van der Waals surface area contributed by atoms with Gasteiger partial charge in [0.15, 0.2) is 6.61 Å². The van der Waals surface area contributed by atoms with Gasteiger partial charge in [-0.3, -0.25) is 4.79 Å². The summed E-state index contributed by atoms with van der Waals surface area (Å²) in [6.45, 7) is -0.0781. The highest BCUT2D eigenvalue weighted by Gasteiger charge is 2.31. The maximum Gasteiger partial charge on any atom is 0.417 e. The summed E-state index contributed by atoms with van der Waals surface area (Å²) in [5.41, 5.74) is -0.283. The Morgan fingerprint density at radius 1 is 1.29 bits per heavy atom. The fourth-order valence-electron chi connectivity index (χ4n) is 2.22. The molecule has 1 aromatic heterocycles. The fourth-order valence-corrected chi connectivity index (χ4v) is 2.58. The number of carbonyl (C=O) groups is 1. The number of halogens is 5. The third-order valence-electron chi connectivity index (χ3n) is 3.76. The molecule has 0 bridgehead atoms. The van der Waals surface area contributed by atoms with Gasteiger partial charge in [0.05, 0.1) is 22.9 Å². The van der Waals surface area contributed by atoms with Crippen LogP contribution in [-0.4, -0.2) is 36.8 Å². The quantitative estimate of drug-likeness (QED) is 0.322. The summed E-state index contributed by atoms with van der Waals surface area (Å²) in [5.74, 6) is -1.08. The maximum absolute atomic E-state index is 12.6. The van der Waals surface area contributed by atoms with Crippen LogP contribution >= 0.6 is 23.2 Å². The van der Waals surface area contributed by atoms with Crippen LogP contribution in [0, 0.1) is 11.3 Å². The minimum absolute atomic E-state index is 0.0644. The topological polar surface area (TPSA) is 99.4 Å². The Kier molecular flexibility index (Phi) is 8.90. The molecular weight excluding hydrogens is 458 g/mol. The van der Waals surface area contributed by atoms with Crippen LogP contribution in [0.4, 0.5) is 19.0 Å². The second kappa shape index (κ2) is 11.4. The monoisotopic (exact) mass is 473 g/mol. The first-order valence-electron chi connectivity index (χ1n) is 8.74. The molecule has 1 heterocycles. The van der Waals surface area contributed by atoms with E-state index in [1.54, 1.807) is 24.3 Å². The van der Waals surface area contributed by atoms with Gasteiger partial charge in [-0.25, -0.2) is 4.98 Å². The van der Waals surface area contributed by atoms with Crippen molar-refractivity contribution in [2.24, 2.45) is 5.16 Å². The van der Waals surface area contributed by atoms with Crippen LogP contribution in [0.25, 0.3) is 0 Å². The van der Waals surface area contributed by atoms with Crippen molar-refractivity contribution < 1.29 is 22.8 Å². The molecule has 0 aliphatic heterocycles. The molecule has 2 aromatic rings. The molecule has 164 valence electrons. The average molecular weight is 474 g/mol. The second-order valence-corrected chi connectivity index (χ2v) is 6.86. The maximum atomic E-state index is 12.6. The molecule has 1 unspecified atom stereocenters. The van der Waals surface area contributed by atoms with E-state index in [0.717, 1.165) is 6.07 Å². The number of amides is 1. The number of rotatable bonds is 9. The fraction of sp³-hybridized carbons (Fsp3) is 0.263. The SMILES string of the molecule is N#CC(/C=N/OCC(=O)NCCNc1ncc(C(F)(F)F)cc1Cl)c1ccc(Cl)cc1. The molecule has 31 heavy (non-hydrogen) atoms. The Morgan fingerprint density at radius 3 is 2.61 bits per heavy atom. The molecule has 12 heteroatoms. The lowest BCUT2D eigenvalue weighted by atomic mass is 10.0. The number of oxime groups is 1. The number of nitrogens with one attached hydrogen (secondary N) is 2. The molecule has 1 amide bonds. The van der Waals surface area contributed by atoms with Crippen LogP contribution in [0.15, 0.2) is 41.7 Å². The summed E-state index contributed by atoms with van der Waals surface area (Å²) in [6, 6.07) is 9.45. The lowest BCUT2D eigenvalue weighted by Gasteiger charge is -2.11. The summed E-state index contributed by atoms with van der Waals surface area (Å²) < 4.78 is 37.7. The zero-order valence-electron chi connectivity index (χ0n) is 15.8. The molecule has 0 spiro atoms. The number of hydrogen-bond donors (Lipinski definition) is 2. The number of nitrogens with zero attached hydrogens (tertiary/aromatic N) is 3. The number of aromatic nitrogens is 1. The van der Waals surface area contributed by atoms with E-state index < -0.39 is 23.6 Å². The van der Waals surface area contributed by atoms with Gasteiger partial charge in [-0.05, 0) is 23.8 Å². The van der Waals surface area contributed by atoms with Gasteiger partial charge < -0.3 is 15.5 Å². The zero-order chi connectivity index (χ0) is 22.9. The predicted octanol–water partition coefficient (Wildman–Crippen LogP) is 4.25. The van der Waals surface area contributed by atoms with Crippen LogP contribution in [0.2, 0.25) is 10.0 Å². The van der Waals surface area contributed by atoms with Crippen LogP contribution in [0.3, 0.4) is 0 Å². The third-order valence-corrected chi connectivity index (χ3v) is 4.30. The van der Waals surface area contributed by atoms with Crippen LogP contribution in [0.5, 0.6) is 0 Å². The number of anilines is 1. The molecule has 0 aliphatic rings. The summed E-state index contributed by atoms with van der Waals surface area (Å²) in [4.78, 5) is 20.2. The van der Waals surface area contributed by atoms with Gasteiger partial charge in [0.25, 0.3) is 5.91 Å². The second-order valence-electron chi connectivity index (χ2n) is 6.02. The Labute approximate surface area is 185 Å². The Balaban J connectivity index is 1.70. The molecule has 1 atom stereocenters. The van der Waals surface area contributed by atoms with Gasteiger partial charge in [0.2, 0.25) is 0 Å². The van der Waals surface area contributed by atoms with Crippen molar-refractivity contribution in [3.05, 3.63) is 57.7 Å². The Bertz CT molecular complexity index is 962. The minimum atomic E-state index is -4.53. The van der Waals surface area contributed by atoms with E-state index in [4.69, 9.17) is 28.0 Å². The Hall–Kier alpha value is -3.03. The van der Waals surface area contributed by atoms with Crippen LogP contribution < -0.4 is 10.6 Å². The van der Waals surface area contributed by atoms with Crippen molar-refractivity contribution in [3.8, 4) is 6.07 Å². The number of alkyl halides is 3. The predicted molar refractivity (Wildman–Crippen MR) is 110 cm³/mol. The summed E-state index contributed by atoms with van der Waals surface area (Å²) in [7, 11) is 0. The first-order valence-corrected chi connectivity index (χ1v) is 9.50. The molecule has 2 rings (SSSR count). The number of pyridine rings is 1. The molecular formula is C19H16Cl2F3N5O2. The van der Waals surface area contributed by atoms with Crippen molar-refractivity contribution in [1.82, 2.24) is 10.3 Å². The van der Waals surface area contributed by atoms with Gasteiger partial charge in [0, 0.05) is 24.3 Å². The number of nitriles is 1. The van der Waals surface area contributed by atoms with E-state index >= 15 is 0 Å². The van der Waals surface area contributed by atoms with Crippen molar-refractivity contribution in [3.63, 3.8) is 0 Å². The lowest BCUT2D eigenvalue weighted by Crippen LogP contribution is -2.31. The molecule has 0 aliphatic carbocycles. The first-order chi connectivity index (χ1) is 14.7. The first kappa shape index (κ1) is 24.2. The molecule has 0 radical (unpaired) electrons. The minimum Gasteiger partial charge on any atom is -0.386 e. The largest absolute Gasteiger partial charge is 0.417 e. The van der Waals surface area contributed by atoms with Gasteiger partial charge >= 0.3 is 6.18 Å². The number of carbonyl (C=O) groups excluding carboxylic acids is 1. The standard InChI is InChI=1S/C19H16Cl2F3N5O2/c20-15-3-1-12(2-4-15)13(8-25)9-29-31-11-17(30)26-5-6-27-18-16(21)7-14(10-28-18)19(22,23)24/h1-4,7,9-10,13H,5-6,11H2,(H,26,30)(H,27,28)/b29-9+. The van der Waals surface area contributed by atoms with Gasteiger partial charge in [-0.2, -0.15) is 18.4 Å². The summed E-state index contributed by atoms with van der Waals surface area (Å²) >= 11 is 11.6. The van der Waals surface area contributed by atoms with Crippen molar-refractivity contribution >= 4 is 41.1 Å². The lowest BCUT2D eigenvalue weighted by molar-refractivity contribution is -0.137. The van der Waals surface area contributed by atoms with Crippen molar-refractivity contribution in [1.29, 1.82) is 5.26 Å². The molecule has 0 saturated carbocycles. The van der Waals surface area contributed by atoms with E-state index in [0.29, 0.717) is 16.8 Å². The normalized spacial score (nSPS) is 12.3. The highest BCUT2D eigenvalue weighted by atomic mass is 35.5. The highest BCUT2D eigenvalue weighted by molar-refractivity contribution is 6.33. The van der Waals surface area contributed by atoms with Gasteiger partial charge in [0.1, 0.15) is 11.7 Å². The zero-order valence-corrected chi connectivity index (χ0v) is 17.3. The summed E-state index contributed by atoms with van der Waals surface area (Å²) in [6.07, 6.45) is -2.61. The molecule has 0 fully saturated rings. The highest BCUT2D eigenvalue weighted by Crippen LogP contribution is 2.32. The molecule has 2 N–H and O–H groups in total. The molecule has 1 aromatic carbocycles. The number of hydrogen-bond acceptors (Lipinski definition) is 6. The van der Waals surface area contributed by atoms with E-state index in [9.17, 15) is 23.2 Å². The number of benzene rings is 1. The van der Waals surface area contributed by atoms with Gasteiger partial charge in [-0.15, -0.1) is 0 Å². The van der Waals surface area contributed by atoms with E-state index in [1.807, 2.05) is 6.07 Å². The van der Waals surface area contributed by atoms with Crippen LogP contribution in [0.1, 0.15) is 17.0 Å². The molecule has 7 nitrogen and oxygen atoms in total. The Morgan fingerprint density at radius 2 is 2.00 bits per heavy atom. The average Bonchev–Trinajstić information content (AvgIpc) is 2.72.